The highest BCUT2D eigenvalue weighted by atomic mass is 15.1. The summed E-state index contributed by atoms with van der Waals surface area (Å²) in [4.78, 5) is 4.61. The summed E-state index contributed by atoms with van der Waals surface area (Å²) in [7, 11) is 0.830. The molecular formula is C21H23BN2. The second-order valence-electron chi connectivity index (χ2n) is 6.13. The standard InChI is InChI=1S/C21H23BN2/c1-3-17(2)24-15-14-23-21(24)22-20(19-12-8-5-9-13-19)16-18-10-6-4-7-11-18/h4-17,22H,3H2,1-2H3. The average molecular weight is 314 g/mol. The van der Waals surface area contributed by atoms with E-state index in [9.17, 15) is 0 Å². The Kier molecular flexibility index (Phi) is 5.32. The van der Waals surface area contributed by atoms with E-state index >= 15 is 0 Å². The average Bonchev–Trinajstić information content (AvgIpc) is 3.10. The van der Waals surface area contributed by atoms with Crippen molar-refractivity contribution in [2.24, 2.45) is 0 Å². The second-order valence-corrected chi connectivity index (χ2v) is 6.13. The Morgan fingerprint density at radius 1 is 1.08 bits per heavy atom. The lowest BCUT2D eigenvalue weighted by molar-refractivity contribution is 0.542. The van der Waals surface area contributed by atoms with Gasteiger partial charge in [-0.1, -0.05) is 79.1 Å². The SMILES string of the molecule is CCC(C)n1ccnc1BC(=Cc1ccccc1)c1ccccc1. The van der Waals surface area contributed by atoms with E-state index in [4.69, 9.17) is 0 Å². The van der Waals surface area contributed by atoms with Crippen molar-refractivity contribution in [2.75, 3.05) is 0 Å². The summed E-state index contributed by atoms with van der Waals surface area (Å²) in [5.74, 6) is 0. The zero-order valence-corrected chi connectivity index (χ0v) is 14.4. The van der Waals surface area contributed by atoms with Crippen molar-refractivity contribution >= 4 is 24.6 Å². The molecule has 0 bridgehead atoms. The number of imidazole rings is 1. The Labute approximate surface area is 145 Å². The first-order chi connectivity index (χ1) is 11.8. The largest absolute Gasteiger partial charge is 0.340 e. The number of hydrogen-bond acceptors (Lipinski definition) is 1. The highest BCUT2D eigenvalue weighted by Gasteiger charge is 2.13. The van der Waals surface area contributed by atoms with Gasteiger partial charge in [0.05, 0.1) is 5.72 Å². The maximum atomic E-state index is 4.61. The van der Waals surface area contributed by atoms with Crippen LogP contribution < -0.4 is 5.72 Å². The summed E-state index contributed by atoms with van der Waals surface area (Å²) in [5, 5.41) is 0. The molecule has 0 aliphatic heterocycles. The summed E-state index contributed by atoms with van der Waals surface area (Å²) >= 11 is 0. The van der Waals surface area contributed by atoms with Crippen LogP contribution in [0.15, 0.2) is 73.1 Å². The minimum absolute atomic E-state index is 0.469. The minimum Gasteiger partial charge on any atom is -0.340 e. The van der Waals surface area contributed by atoms with Crippen LogP contribution in [0.2, 0.25) is 0 Å². The molecule has 0 saturated heterocycles. The van der Waals surface area contributed by atoms with Crippen molar-refractivity contribution in [3.05, 3.63) is 84.2 Å². The number of hydrogen-bond donors (Lipinski definition) is 0. The third kappa shape index (κ3) is 3.86. The Hall–Kier alpha value is -2.55. The highest BCUT2D eigenvalue weighted by Crippen LogP contribution is 2.17. The van der Waals surface area contributed by atoms with Crippen molar-refractivity contribution in [3.63, 3.8) is 0 Å². The molecule has 0 radical (unpaired) electrons. The van der Waals surface area contributed by atoms with Gasteiger partial charge in [-0.25, -0.2) is 0 Å². The van der Waals surface area contributed by atoms with Crippen molar-refractivity contribution in [3.8, 4) is 0 Å². The zero-order chi connectivity index (χ0) is 16.8. The fourth-order valence-corrected chi connectivity index (χ4v) is 2.89. The number of benzene rings is 2. The van der Waals surface area contributed by atoms with Crippen LogP contribution >= 0.6 is 0 Å². The van der Waals surface area contributed by atoms with Crippen molar-refractivity contribution in [1.82, 2.24) is 9.55 Å². The van der Waals surface area contributed by atoms with Gasteiger partial charge in [0.2, 0.25) is 7.28 Å². The van der Waals surface area contributed by atoms with Crippen LogP contribution in [0.4, 0.5) is 0 Å². The molecule has 2 nitrogen and oxygen atoms in total. The second kappa shape index (κ2) is 7.82. The predicted molar refractivity (Wildman–Crippen MR) is 105 cm³/mol. The number of rotatable bonds is 6. The Morgan fingerprint density at radius 3 is 2.42 bits per heavy atom. The van der Waals surface area contributed by atoms with Crippen LogP contribution in [-0.2, 0) is 0 Å². The van der Waals surface area contributed by atoms with Gasteiger partial charge in [-0.05, 0) is 24.5 Å². The maximum absolute atomic E-state index is 4.61. The van der Waals surface area contributed by atoms with Gasteiger partial charge in [0.15, 0.2) is 0 Å². The molecule has 120 valence electrons. The van der Waals surface area contributed by atoms with Gasteiger partial charge in [-0.2, -0.15) is 0 Å². The molecule has 3 rings (SSSR count). The van der Waals surface area contributed by atoms with E-state index in [0.717, 1.165) is 19.4 Å². The van der Waals surface area contributed by atoms with E-state index in [1.54, 1.807) is 0 Å². The third-order valence-electron chi connectivity index (χ3n) is 4.45. The van der Waals surface area contributed by atoms with E-state index in [0.29, 0.717) is 6.04 Å². The van der Waals surface area contributed by atoms with Gasteiger partial charge in [-0.3, -0.25) is 4.98 Å². The van der Waals surface area contributed by atoms with Crippen LogP contribution in [0, 0.1) is 0 Å². The monoisotopic (exact) mass is 314 g/mol. The Balaban J connectivity index is 1.98. The van der Waals surface area contributed by atoms with Gasteiger partial charge in [0.25, 0.3) is 0 Å². The van der Waals surface area contributed by atoms with Crippen LogP contribution in [0.5, 0.6) is 0 Å². The first-order valence-corrected chi connectivity index (χ1v) is 8.60. The fraction of sp³-hybridized carbons (Fsp3) is 0.190. The quantitative estimate of drug-likeness (QED) is 0.494. The Morgan fingerprint density at radius 2 is 1.75 bits per heavy atom. The van der Waals surface area contributed by atoms with E-state index < -0.39 is 0 Å². The fourth-order valence-electron chi connectivity index (χ4n) is 2.89. The van der Waals surface area contributed by atoms with Crippen LogP contribution in [0.25, 0.3) is 11.5 Å². The van der Waals surface area contributed by atoms with Gasteiger partial charge in [0, 0.05) is 18.4 Å². The van der Waals surface area contributed by atoms with E-state index in [1.165, 1.54) is 16.6 Å². The van der Waals surface area contributed by atoms with Crippen LogP contribution in [-0.4, -0.2) is 16.8 Å². The molecule has 24 heavy (non-hydrogen) atoms. The number of aromatic nitrogens is 2. The van der Waals surface area contributed by atoms with Gasteiger partial charge < -0.3 is 4.57 Å². The summed E-state index contributed by atoms with van der Waals surface area (Å²) in [5.41, 5.74) is 4.88. The van der Waals surface area contributed by atoms with E-state index in [-0.39, 0.29) is 0 Å². The predicted octanol–water partition coefficient (Wildman–Crippen LogP) is 4.11. The molecule has 1 unspecified atom stereocenters. The molecule has 3 aromatic rings. The Bertz CT molecular complexity index is 791. The topological polar surface area (TPSA) is 17.8 Å². The zero-order valence-electron chi connectivity index (χ0n) is 14.4. The van der Waals surface area contributed by atoms with Crippen LogP contribution in [0.1, 0.15) is 37.4 Å². The molecule has 0 aliphatic carbocycles. The van der Waals surface area contributed by atoms with Crippen molar-refractivity contribution in [2.45, 2.75) is 26.3 Å². The normalized spacial score (nSPS) is 12.8. The molecule has 1 aromatic heterocycles. The molecule has 0 saturated carbocycles. The number of nitrogens with zero attached hydrogens (tertiary/aromatic N) is 2. The lowest BCUT2D eigenvalue weighted by Gasteiger charge is -2.15. The van der Waals surface area contributed by atoms with E-state index in [2.05, 4.69) is 96.3 Å². The van der Waals surface area contributed by atoms with Gasteiger partial charge in [-0.15, -0.1) is 0 Å². The van der Waals surface area contributed by atoms with Gasteiger partial charge >= 0.3 is 0 Å². The van der Waals surface area contributed by atoms with Crippen molar-refractivity contribution in [1.29, 1.82) is 0 Å². The maximum Gasteiger partial charge on any atom is 0.239 e. The minimum atomic E-state index is 0.469. The van der Waals surface area contributed by atoms with Crippen LogP contribution in [0.3, 0.4) is 0 Å². The molecule has 0 aliphatic rings. The lowest BCUT2D eigenvalue weighted by atomic mass is 9.65. The summed E-state index contributed by atoms with van der Waals surface area (Å²) in [6, 6.07) is 21.5. The molecule has 1 heterocycles. The smallest absolute Gasteiger partial charge is 0.239 e. The van der Waals surface area contributed by atoms with E-state index in [1.807, 2.05) is 6.20 Å². The summed E-state index contributed by atoms with van der Waals surface area (Å²) in [6.07, 6.45) is 7.37. The third-order valence-corrected chi connectivity index (χ3v) is 4.45. The molecule has 0 spiro atoms. The first-order valence-electron chi connectivity index (χ1n) is 8.60. The molecule has 2 aromatic carbocycles. The molecular weight excluding hydrogens is 291 g/mol. The summed E-state index contributed by atoms with van der Waals surface area (Å²) in [6.45, 7) is 4.46. The molecule has 0 fully saturated rings. The molecule has 3 heteroatoms. The molecule has 0 N–H and O–H groups in total. The first kappa shape index (κ1) is 16.3. The molecule has 0 amide bonds. The lowest BCUT2D eigenvalue weighted by Crippen LogP contribution is -2.29. The molecule has 1 atom stereocenters. The summed E-state index contributed by atoms with van der Waals surface area (Å²) < 4.78 is 2.29. The van der Waals surface area contributed by atoms with Crippen molar-refractivity contribution < 1.29 is 0 Å². The van der Waals surface area contributed by atoms with Gasteiger partial charge in [0.1, 0.15) is 0 Å². The highest BCUT2D eigenvalue weighted by molar-refractivity contribution is 6.73.